The number of carboxylic acids is 1. The number of hydrogen-bond donors (Lipinski definition) is 2. The minimum absolute atomic E-state index is 0.0546. The molecule has 0 spiro atoms. The molecule has 2 heterocycles. The molecule has 1 aliphatic heterocycles. The number of aliphatic imine (C=N–C) groups is 1. The van der Waals surface area contributed by atoms with Crippen LogP contribution in [0.2, 0.25) is 5.02 Å². The van der Waals surface area contributed by atoms with E-state index in [1.54, 1.807) is 6.92 Å². The maximum atomic E-state index is 14.6. The molecule has 0 saturated carbocycles. The van der Waals surface area contributed by atoms with Gasteiger partial charge in [0.2, 0.25) is 0 Å². The molecule has 0 saturated heterocycles. The lowest BCUT2D eigenvalue weighted by atomic mass is 9.86. The second-order valence-corrected chi connectivity index (χ2v) is 8.13. The van der Waals surface area contributed by atoms with Crippen molar-refractivity contribution in [1.82, 2.24) is 4.98 Å². The highest BCUT2D eigenvalue weighted by Crippen LogP contribution is 2.40. The molecule has 2 atom stereocenters. The Kier molecular flexibility index (Phi) is 5.71. The van der Waals surface area contributed by atoms with Crippen LogP contribution in [0.15, 0.2) is 41.5 Å². The van der Waals surface area contributed by atoms with Crippen LogP contribution in [0, 0.1) is 5.82 Å². The van der Waals surface area contributed by atoms with Crippen molar-refractivity contribution in [3.05, 3.63) is 64.2 Å². The van der Waals surface area contributed by atoms with Crippen LogP contribution in [0.1, 0.15) is 30.2 Å². The Morgan fingerprint density at radius 1 is 1.43 bits per heavy atom. The SMILES string of the molecule is CC1(c2cc(/C=C(\F)c3ccc(Cl)cn3)ccc2F)CC(C(=O)O)SC(N)=N1. The number of aliphatic carboxylic acids is 1. The van der Waals surface area contributed by atoms with E-state index in [-0.39, 0.29) is 22.8 Å². The number of carbonyl (C=O) groups is 1. The van der Waals surface area contributed by atoms with Crippen LogP contribution in [-0.4, -0.2) is 26.5 Å². The number of carboxylic acid groups (broad SMARTS) is 1. The average molecular weight is 424 g/mol. The van der Waals surface area contributed by atoms with E-state index >= 15 is 0 Å². The van der Waals surface area contributed by atoms with Gasteiger partial charge in [0, 0.05) is 11.8 Å². The van der Waals surface area contributed by atoms with Crippen LogP contribution in [0.25, 0.3) is 11.9 Å². The Hall–Kier alpha value is -2.45. The monoisotopic (exact) mass is 423 g/mol. The van der Waals surface area contributed by atoms with Crippen molar-refractivity contribution in [2.24, 2.45) is 10.7 Å². The molecule has 0 fully saturated rings. The molecule has 5 nitrogen and oxygen atoms in total. The lowest BCUT2D eigenvalue weighted by Gasteiger charge is -2.33. The molecule has 146 valence electrons. The van der Waals surface area contributed by atoms with Crippen molar-refractivity contribution < 1.29 is 18.7 Å². The van der Waals surface area contributed by atoms with Crippen molar-refractivity contribution in [2.75, 3.05) is 0 Å². The molecule has 2 aromatic rings. The molecule has 1 aromatic carbocycles. The summed E-state index contributed by atoms with van der Waals surface area (Å²) in [5.41, 5.74) is 5.20. The van der Waals surface area contributed by atoms with E-state index in [0.29, 0.717) is 10.6 Å². The van der Waals surface area contributed by atoms with Gasteiger partial charge in [-0.1, -0.05) is 29.4 Å². The number of pyridine rings is 1. The number of rotatable bonds is 4. The molecule has 3 rings (SSSR count). The topological polar surface area (TPSA) is 88.6 Å². The average Bonchev–Trinajstić information content (AvgIpc) is 2.63. The Morgan fingerprint density at radius 3 is 2.82 bits per heavy atom. The molecule has 0 amide bonds. The molecule has 1 aliphatic rings. The maximum absolute atomic E-state index is 14.6. The summed E-state index contributed by atoms with van der Waals surface area (Å²) in [6, 6.07) is 6.99. The quantitative estimate of drug-likeness (QED) is 0.757. The summed E-state index contributed by atoms with van der Waals surface area (Å²) in [6.45, 7) is 1.61. The molecule has 3 N–H and O–H groups in total. The van der Waals surface area contributed by atoms with Gasteiger partial charge in [-0.25, -0.2) is 8.78 Å². The van der Waals surface area contributed by atoms with E-state index in [4.69, 9.17) is 17.3 Å². The predicted octanol–water partition coefficient (Wildman–Crippen LogP) is 4.46. The minimum atomic E-state index is -1.18. The van der Waals surface area contributed by atoms with E-state index in [1.165, 1.54) is 42.6 Å². The van der Waals surface area contributed by atoms with Crippen LogP contribution >= 0.6 is 23.4 Å². The van der Waals surface area contributed by atoms with E-state index in [2.05, 4.69) is 9.98 Å². The molecule has 0 radical (unpaired) electrons. The molecule has 9 heteroatoms. The number of nitrogens with two attached hydrogens (primary N) is 1. The van der Waals surface area contributed by atoms with Gasteiger partial charge in [0.15, 0.2) is 5.17 Å². The van der Waals surface area contributed by atoms with Crippen LogP contribution in [-0.2, 0) is 10.3 Å². The molecule has 0 bridgehead atoms. The lowest BCUT2D eigenvalue weighted by molar-refractivity contribution is -0.136. The number of benzene rings is 1. The molecule has 28 heavy (non-hydrogen) atoms. The summed E-state index contributed by atoms with van der Waals surface area (Å²) >= 11 is 6.68. The van der Waals surface area contributed by atoms with Gasteiger partial charge >= 0.3 is 5.97 Å². The summed E-state index contributed by atoms with van der Waals surface area (Å²) in [6.07, 6.45) is 2.59. The number of thioether (sulfide) groups is 1. The van der Waals surface area contributed by atoms with Gasteiger partial charge in [0.05, 0.1) is 16.3 Å². The van der Waals surface area contributed by atoms with Gasteiger partial charge in [-0.2, -0.15) is 0 Å². The highest BCUT2D eigenvalue weighted by Gasteiger charge is 2.39. The third-order valence-corrected chi connectivity index (χ3v) is 5.52. The number of hydrogen-bond acceptors (Lipinski definition) is 5. The summed E-state index contributed by atoms with van der Waals surface area (Å²) in [5.74, 6) is -2.24. The fourth-order valence-corrected chi connectivity index (χ4v) is 4.12. The number of aromatic nitrogens is 1. The lowest BCUT2D eigenvalue weighted by Crippen LogP contribution is -2.37. The molecular formula is C19H16ClF2N3O2S. The zero-order valence-corrected chi connectivity index (χ0v) is 16.3. The first-order valence-electron chi connectivity index (χ1n) is 8.22. The van der Waals surface area contributed by atoms with E-state index < -0.39 is 28.4 Å². The van der Waals surface area contributed by atoms with Gasteiger partial charge in [-0.05, 0) is 49.2 Å². The number of nitrogens with zero attached hydrogens (tertiary/aromatic N) is 2. The van der Waals surface area contributed by atoms with Gasteiger partial charge in [0.25, 0.3) is 0 Å². The van der Waals surface area contributed by atoms with Gasteiger partial charge in [-0.15, -0.1) is 0 Å². The number of amidine groups is 1. The Labute approximate surface area is 169 Å². The van der Waals surface area contributed by atoms with Crippen molar-refractivity contribution in [1.29, 1.82) is 0 Å². The standard InChI is InChI=1S/C19H16ClF2N3O2S/c1-19(8-16(17(26)27)28-18(23)25-19)12-6-10(2-4-13(12)21)7-14(22)15-5-3-11(20)9-24-15/h2-7,9,16H,8H2,1H3,(H2,23,25)(H,26,27)/b14-7-. The highest BCUT2D eigenvalue weighted by atomic mass is 35.5. The smallest absolute Gasteiger partial charge is 0.317 e. The second-order valence-electron chi connectivity index (χ2n) is 6.47. The van der Waals surface area contributed by atoms with Gasteiger partial charge in [-0.3, -0.25) is 14.8 Å². The summed E-state index contributed by atoms with van der Waals surface area (Å²) in [7, 11) is 0. The summed E-state index contributed by atoms with van der Waals surface area (Å²) < 4.78 is 29.0. The molecule has 1 aromatic heterocycles. The van der Waals surface area contributed by atoms with E-state index in [1.807, 2.05) is 0 Å². The largest absolute Gasteiger partial charge is 0.480 e. The summed E-state index contributed by atoms with van der Waals surface area (Å²) in [5, 5.41) is 8.92. The Balaban J connectivity index is 1.99. The normalized spacial score (nSPS) is 22.6. The van der Waals surface area contributed by atoms with Crippen LogP contribution in [0.5, 0.6) is 0 Å². The van der Waals surface area contributed by atoms with Gasteiger partial charge < -0.3 is 10.8 Å². The zero-order valence-electron chi connectivity index (χ0n) is 14.7. The first-order valence-corrected chi connectivity index (χ1v) is 9.48. The predicted molar refractivity (Wildman–Crippen MR) is 107 cm³/mol. The Morgan fingerprint density at radius 2 is 2.18 bits per heavy atom. The highest BCUT2D eigenvalue weighted by molar-refractivity contribution is 8.14. The Bertz CT molecular complexity index is 982. The van der Waals surface area contributed by atoms with E-state index in [9.17, 15) is 18.7 Å². The third-order valence-electron chi connectivity index (χ3n) is 4.31. The summed E-state index contributed by atoms with van der Waals surface area (Å²) in [4.78, 5) is 19.6. The van der Waals surface area contributed by atoms with Crippen LogP contribution in [0.4, 0.5) is 8.78 Å². The molecule has 2 unspecified atom stereocenters. The van der Waals surface area contributed by atoms with Crippen molar-refractivity contribution >= 4 is 46.4 Å². The van der Waals surface area contributed by atoms with Crippen LogP contribution < -0.4 is 5.73 Å². The van der Waals surface area contributed by atoms with E-state index in [0.717, 1.165) is 11.8 Å². The van der Waals surface area contributed by atoms with Crippen LogP contribution in [0.3, 0.4) is 0 Å². The second kappa shape index (κ2) is 7.89. The van der Waals surface area contributed by atoms with Crippen molar-refractivity contribution in [3.8, 4) is 0 Å². The third kappa shape index (κ3) is 4.34. The van der Waals surface area contributed by atoms with Crippen molar-refractivity contribution in [2.45, 2.75) is 24.1 Å². The first-order chi connectivity index (χ1) is 13.2. The fourth-order valence-electron chi connectivity index (χ4n) is 2.95. The van der Waals surface area contributed by atoms with Gasteiger partial charge in [0.1, 0.15) is 16.9 Å². The number of halogens is 3. The molecule has 0 aliphatic carbocycles. The zero-order chi connectivity index (χ0) is 20.5. The minimum Gasteiger partial charge on any atom is -0.480 e. The van der Waals surface area contributed by atoms with Crippen molar-refractivity contribution in [3.63, 3.8) is 0 Å². The maximum Gasteiger partial charge on any atom is 0.317 e. The molecular weight excluding hydrogens is 408 g/mol. The fraction of sp³-hybridized carbons (Fsp3) is 0.211. The first kappa shape index (κ1) is 20.3.